The average Bonchev–Trinajstić information content (AvgIpc) is 2.58. The minimum atomic E-state index is 0.198. The summed E-state index contributed by atoms with van der Waals surface area (Å²) in [6, 6.07) is 6.55. The number of hydrogen-bond acceptors (Lipinski definition) is 1. The Morgan fingerprint density at radius 1 is 1.31 bits per heavy atom. The van der Waals surface area contributed by atoms with Gasteiger partial charge in [0.2, 0.25) is 0 Å². The van der Waals surface area contributed by atoms with Gasteiger partial charge in [0, 0.05) is 23.6 Å². The maximum atomic E-state index is 9.07. The summed E-state index contributed by atoms with van der Waals surface area (Å²) < 4.78 is 2.16. The average molecular weight is 217 g/mol. The van der Waals surface area contributed by atoms with Crippen molar-refractivity contribution in [1.82, 2.24) is 4.57 Å². The van der Waals surface area contributed by atoms with Gasteiger partial charge in [0.15, 0.2) is 0 Å². The molecule has 2 rings (SSSR count). The van der Waals surface area contributed by atoms with Crippen molar-refractivity contribution in [1.29, 1.82) is 0 Å². The second-order valence-corrected chi connectivity index (χ2v) is 4.34. The molecule has 0 bridgehead atoms. The van der Waals surface area contributed by atoms with Gasteiger partial charge in [-0.25, -0.2) is 0 Å². The van der Waals surface area contributed by atoms with Crippen LogP contribution in [0.2, 0.25) is 0 Å². The number of aliphatic hydroxyl groups excluding tert-OH is 1. The third-order valence-corrected chi connectivity index (χ3v) is 2.98. The quantitative estimate of drug-likeness (QED) is 0.837. The Hall–Kier alpha value is -1.28. The highest BCUT2D eigenvalue weighted by Gasteiger charge is 2.07. The van der Waals surface area contributed by atoms with Crippen LogP contribution in [0.5, 0.6) is 0 Å². The molecule has 0 amide bonds. The van der Waals surface area contributed by atoms with Gasteiger partial charge in [-0.3, -0.25) is 0 Å². The number of hydrogen-bond donors (Lipinski definition) is 1. The maximum Gasteiger partial charge on any atom is 0.0610 e. The fraction of sp³-hybridized carbons (Fsp3) is 0.429. The van der Waals surface area contributed by atoms with Gasteiger partial charge in [0.05, 0.1) is 6.61 Å². The molecule has 2 heteroatoms. The fourth-order valence-corrected chi connectivity index (χ4v) is 2.24. The molecule has 0 aliphatic rings. The lowest BCUT2D eigenvalue weighted by atomic mass is 10.1. The van der Waals surface area contributed by atoms with Gasteiger partial charge in [-0.2, -0.15) is 0 Å². The number of aliphatic hydroxyl groups is 1. The molecule has 2 nitrogen and oxygen atoms in total. The van der Waals surface area contributed by atoms with Gasteiger partial charge in [0.25, 0.3) is 0 Å². The third kappa shape index (κ3) is 1.98. The number of benzene rings is 1. The Morgan fingerprint density at radius 3 is 2.81 bits per heavy atom. The molecule has 0 aliphatic carbocycles. The number of aromatic nitrogens is 1. The number of aryl methyl sites for hydroxylation is 2. The van der Waals surface area contributed by atoms with E-state index in [0.717, 1.165) is 12.8 Å². The first-order valence-corrected chi connectivity index (χ1v) is 5.95. The van der Waals surface area contributed by atoms with Crippen molar-refractivity contribution in [3.05, 3.63) is 35.5 Å². The Bertz CT molecular complexity index is 485. The van der Waals surface area contributed by atoms with Crippen LogP contribution in [0.4, 0.5) is 0 Å². The number of rotatable bonds is 4. The molecule has 2 aromatic rings. The van der Waals surface area contributed by atoms with Crippen molar-refractivity contribution in [2.75, 3.05) is 6.61 Å². The lowest BCUT2D eigenvalue weighted by molar-refractivity contribution is 0.278. The monoisotopic (exact) mass is 217 g/mol. The smallest absolute Gasteiger partial charge is 0.0610 e. The first kappa shape index (κ1) is 11.2. The molecule has 1 aromatic carbocycles. The number of fused-ring (bicyclic) bond motifs is 1. The van der Waals surface area contributed by atoms with Crippen molar-refractivity contribution >= 4 is 10.9 Å². The summed E-state index contributed by atoms with van der Waals surface area (Å²) in [4.78, 5) is 0. The van der Waals surface area contributed by atoms with E-state index in [1.807, 2.05) is 0 Å². The van der Waals surface area contributed by atoms with Crippen molar-refractivity contribution in [3.63, 3.8) is 0 Å². The Morgan fingerprint density at radius 2 is 2.12 bits per heavy atom. The maximum absolute atomic E-state index is 9.07. The Balaban J connectivity index is 2.56. The van der Waals surface area contributed by atoms with Crippen LogP contribution in [0.25, 0.3) is 10.9 Å². The highest BCUT2D eigenvalue weighted by Crippen LogP contribution is 2.23. The highest BCUT2D eigenvalue weighted by atomic mass is 16.3. The predicted octanol–water partition coefficient (Wildman–Crippen LogP) is 2.89. The zero-order valence-electron chi connectivity index (χ0n) is 10.0. The minimum Gasteiger partial charge on any atom is -0.395 e. The van der Waals surface area contributed by atoms with E-state index in [-0.39, 0.29) is 6.61 Å². The van der Waals surface area contributed by atoms with Crippen LogP contribution in [0.3, 0.4) is 0 Å². The van der Waals surface area contributed by atoms with E-state index in [2.05, 4.69) is 42.8 Å². The molecule has 0 spiro atoms. The normalized spacial score (nSPS) is 11.2. The molecule has 0 saturated carbocycles. The minimum absolute atomic E-state index is 0.198. The molecular formula is C14H19NO. The van der Waals surface area contributed by atoms with Crippen LogP contribution in [-0.4, -0.2) is 16.3 Å². The molecule has 0 saturated heterocycles. The van der Waals surface area contributed by atoms with E-state index in [4.69, 9.17) is 5.11 Å². The molecule has 1 aromatic heterocycles. The molecule has 0 radical (unpaired) electrons. The molecule has 86 valence electrons. The lowest BCUT2D eigenvalue weighted by Gasteiger charge is -2.02. The van der Waals surface area contributed by atoms with Crippen molar-refractivity contribution < 1.29 is 5.11 Å². The summed E-state index contributed by atoms with van der Waals surface area (Å²) >= 11 is 0. The van der Waals surface area contributed by atoms with Crippen molar-refractivity contribution in [2.24, 2.45) is 0 Å². The summed E-state index contributed by atoms with van der Waals surface area (Å²) in [6.45, 7) is 5.19. The fourth-order valence-electron chi connectivity index (χ4n) is 2.24. The van der Waals surface area contributed by atoms with Crippen LogP contribution in [0.15, 0.2) is 24.4 Å². The summed E-state index contributed by atoms with van der Waals surface area (Å²) in [6.07, 6.45) is 4.45. The second-order valence-electron chi connectivity index (χ2n) is 4.34. The molecule has 0 aliphatic heterocycles. The van der Waals surface area contributed by atoms with Crippen LogP contribution < -0.4 is 0 Å². The largest absolute Gasteiger partial charge is 0.395 e. The van der Waals surface area contributed by atoms with Gasteiger partial charge in [-0.05, 0) is 30.5 Å². The molecule has 0 atom stereocenters. The Kier molecular flexibility index (Phi) is 3.30. The highest BCUT2D eigenvalue weighted by molar-refractivity contribution is 5.84. The molecule has 16 heavy (non-hydrogen) atoms. The van der Waals surface area contributed by atoms with E-state index in [1.165, 1.54) is 22.0 Å². The van der Waals surface area contributed by atoms with E-state index in [1.54, 1.807) is 0 Å². The van der Waals surface area contributed by atoms with Gasteiger partial charge < -0.3 is 9.67 Å². The van der Waals surface area contributed by atoms with E-state index in [0.29, 0.717) is 6.54 Å². The second kappa shape index (κ2) is 4.71. The molecule has 1 N–H and O–H groups in total. The van der Waals surface area contributed by atoms with Gasteiger partial charge in [-0.15, -0.1) is 0 Å². The van der Waals surface area contributed by atoms with Crippen LogP contribution in [-0.2, 0) is 13.0 Å². The first-order valence-electron chi connectivity index (χ1n) is 5.95. The lowest BCUT2D eigenvalue weighted by Crippen LogP contribution is -1.99. The predicted molar refractivity (Wildman–Crippen MR) is 67.8 cm³/mol. The zero-order valence-corrected chi connectivity index (χ0v) is 10.0. The number of nitrogens with zero attached hydrogens (tertiary/aromatic N) is 1. The van der Waals surface area contributed by atoms with Crippen LogP contribution >= 0.6 is 0 Å². The summed E-state index contributed by atoms with van der Waals surface area (Å²) in [5.41, 5.74) is 3.91. The summed E-state index contributed by atoms with van der Waals surface area (Å²) in [5.74, 6) is 0. The van der Waals surface area contributed by atoms with E-state index in [9.17, 15) is 0 Å². The van der Waals surface area contributed by atoms with Crippen LogP contribution in [0, 0.1) is 6.92 Å². The van der Waals surface area contributed by atoms with E-state index < -0.39 is 0 Å². The van der Waals surface area contributed by atoms with Gasteiger partial charge >= 0.3 is 0 Å². The SMILES string of the molecule is CCCc1cn(CCO)c2cc(C)ccc12. The molecule has 0 unspecified atom stereocenters. The van der Waals surface area contributed by atoms with Gasteiger partial charge in [-0.1, -0.05) is 25.5 Å². The molecule has 1 heterocycles. The first-order chi connectivity index (χ1) is 7.76. The molecular weight excluding hydrogens is 198 g/mol. The van der Waals surface area contributed by atoms with Crippen molar-refractivity contribution in [3.8, 4) is 0 Å². The summed E-state index contributed by atoms with van der Waals surface area (Å²) in [5, 5.41) is 10.4. The van der Waals surface area contributed by atoms with Gasteiger partial charge in [0.1, 0.15) is 0 Å². The standard InChI is InChI=1S/C14H19NO/c1-3-4-12-10-15(7-8-16)14-9-11(2)5-6-13(12)14/h5-6,9-10,16H,3-4,7-8H2,1-2H3. The third-order valence-electron chi connectivity index (χ3n) is 2.98. The van der Waals surface area contributed by atoms with Crippen molar-refractivity contribution in [2.45, 2.75) is 33.2 Å². The summed E-state index contributed by atoms with van der Waals surface area (Å²) in [7, 11) is 0. The Labute approximate surface area is 96.5 Å². The topological polar surface area (TPSA) is 25.2 Å². The van der Waals surface area contributed by atoms with E-state index >= 15 is 0 Å². The van der Waals surface area contributed by atoms with Crippen LogP contribution in [0.1, 0.15) is 24.5 Å². The molecule has 0 fully saturated rings. The zero-order chi connectivity index (χ0) is 11.5.